The van der Waals surface area contributed by atoms with Gasteiger partial charge in [-0.3, -0.25) is 0 Å². The van der Waals surface area contributed by atoms with Crippen LogP contribution in [-0.2, 0) is 0 Å². The predicted octanol–water partition coefficient (Wildman–Crippen LogP) is 2.76. The standard InChI is InChI=1S/C15H23NO3.ClH/c1-19-11-7-8-12(13(17)9-11)14(16)15(18)10-5-3-2-4-6-10;/h7-10,14-15,17-18H,2-6,16H2,1H3;1H/t14-,15+;/m0./s1. The number of hydrogen-bond donors (Lipinski definition) is 3. The number of halogens is 1. The highest BCUT2D eigenvalue weighted by Gasteiger charge is 2.29. The second kappa shape index (κ2) is 7.72. The molecule has 1 aromatic rings. The Morgan fingerprint density at radius 3 is 2.45 bits per heavy atom. The lowest BCUT2D eigenvalue weighted by Gasteiger charge is -2.30. The molecule has 20 heavy (non-hydrogen) atoms. The molecule has 1 saturated carbocycles. The Balaban J connectivity index is 0.00000200. The van der Waals surface area contributed by atoms with Crippen molar-refractivity contribution in [1.82, 2.24) is 0 Å². The van der Waals surface area contributed by atoms with Crippen molar-refractivity contribution < 1.29 is 14.9 Å². The van der Waals surface area contributed by atoms with Crippen molar-refractivity contribution in [3.63, 3.8) is 0 Å². The lowest BCUT2D eigenvalue weighted by molar-refractivity contribution is 0.0611. The summed E-state index contributed by atoms with van der Waals surface area (Å²) in [5.41, 5.74) is 6.69. The van der Waals surface area contributed by atoms with Gasteiger partial charge in [-0.25, -0.2) is 0 Å². The van der Waals surface area contributed by atoms with Crippen LogP contribution in [0, 0.1) is 5.92 Å². The first-order valence-electron chi connectivity index (χ1n) is 6.94. The van der Waals surface area contributed by atoms with E-state index in [1.54, 1.807) is 19.2 Å². The van der Waals surface area contributed by atoms with Crippen molar-refractivity contribution in [2.75, 3.05) is 7.11 Å². The van der Waals surface area contributed by atoms with Crippen LogP contribution in [0.15, 0.2) is 18.2 Å². The summed E-state index contributed by atoms with van der Waals surface area (Å²) in [6, 6.07) is 4.46. The van der Waals surface area contributed by atoms with Crippen molar-refractivity contribution >= 4 is 12.4 Å². The first kappa shape index (κ1) is 17.1. The Labute approximate surface area is 126 Å². The summed E-state index contributed by atoms with van der Waals surface area (Å²) < 4.78 is 5.04. The number of methoxy groups -OCH3 is 1. The number of aliphatic hydroxyl groups excluding tert-OH is 1. The van der Waals surface area contributed by atoms with Gasteiger partial charge in [-0.2, -0.15) is 0 Å². The fourth-order valence-electron chi connectivity index (χ4n) is 2.89. The zero-order chi connectivity index (χ0) is 13.8. The van der Waals surface area contributed by atoms with Crippen LogP contribution in [0.5, 0.6) is 11.5 Å². The Kier molecular flexibility index (Phi) is 6.59. The Hall–Kier alpha value is -0.970. The van der Waals surface area contributed by atoms with Crippen LogP contribution in [0.1, 0.15) is 43.7 Å². The van der Waals surface area contributed by atoms with Gasteiger partial charge in [-0.1, -0.05) is 19.3 Å². The highest BCUT2D eigenvalue weighted by molar-refractivity contribution is 5.85. The number of hydrogen-bond acceptors (Lipinski definition) is 4. The van der Waals surface area contributed by atoms with Gasteiger partial charge in [0.2, 0.25) is 0 Å². The summed E-state index contributed by atoms with van der Waals surface area (Å²) in [6.45, 7) is 0. The molecule has 0 bridgehead atoms. The third kappa shape index (κ3) is 3.78. The van der Waals surface area contributed by atoms with Crippen molar-refractivity contribution in [1.29, 1.82) is 0 Å². The van der Waals surface area contributed by atoms with Crippen molar-refractivity contribution in [3.05, 3.63) is 23.8 Å². The maximum absolute atomic E-state index is 10.4. The van der Waals surface area contributed by atoms with Crippen molar-refractivity contribution in [2.24, 2.45) is 11.7 Å². The van der Waals surface area contributed by atoms with E-state index in [1.807, 2.05) is 0 Å². The summed E-state index contributed by atoms with van der Waals surface area (Å²) >= 11 is 0. The normalized spacial score (nSPS) is 18.9. The van der Waals surface area contributed by atoms with E-state index in [1.165, 1.54) is 12.5 Å². The molecule has 0 aliphatic heterocycles. The van der Waals surface area contributed by atoms with Gasteiger partial charge in [0, 0.05) is 11.6 Å². The van der Waals surface area contributed by atoms with Crippen LogP contribution >= 0.6 is 12.4 Å². The van der Waals surface area contributed by atoms with E-state index >= 15 is 0 Å². The van der Waals surface area contributed by atoms with Crippen molar-refractivity contribution in [2.45, 2.75) is 44.2 Å². The number of phenols is 1. The molecular formula is C15H24ClNO3. The molecule has 4 N–H and O–H groups in total. The lowest BCUT2D eigenvalue weighted by Crippen LogP contribution is -2.34. The third-order valence-corrected chi connectivity index (χ3v) is 4.10. The maximum atomic E-state index is 10.4. The van der Waals surface area contributed by atoms with Crippen LogP contribution in [0.4, 0.5) is 0 Å². The summed E-state index contributed by atoms with van der Waals surface area (Å²) in [7, 11) is 1.55. The van der Waals surface area contributed by atoms with Crippen LogP contribution in [0.2, 0.25) is 0 Å². The molecule has 0 aromatic heterocycles. The maximum Gasteiger partial charge on any atom is 0.124 e. The van der Waals surface area contributed by atoms with E-state index in [0.29, 0.717) is 11.3 Å². The molecule has 1 aliphatic carbocycles. The summed E-state index contributed by atoms with van der Waals surface area (Å²) in [6.07, 6.45) is 5.00. The van der Waals surface area contributed by atoms with E-state index < -0.39 is 12.1 Å². The fraction of sp³-hybridized carbons (Fsp3) is 0.600. The Morgan fingerprint density at radius 1 is 1.25 bits per heavy atom. The SMILES string of the molecule is COc1ccc([C@H](N)[C@H](O)C2CCCCC2)c(O)c1.Cl. The van der Waals surface area contributed by atoms with Crippen LogP contribution in [0.3, 0.4) is 0 Å². The summed E-state index contributed by atoms with van der Waals surface area (Å²) in [5, 5.41) is 20.3. The lowest BCUT2D eigenvalue weighted by atomic mass is 9.81. The molecule has 0 saturated heterocycles. The molecule has 0 heterocycles. The van der Waals surface area contributed by atoms with E-state index in [0.717, 1.165) is 25.7 Å². The first-order chi connectivity index (χ1) is 9.13. The van der Waals surface area contributed by atoms with E-state index in [2.05, 4.69) is 0 Å². The van der Waals surface area contributed by atoms with Gasteiger partial charge in [0.15, 0.2) is 0 Å². The number of nitrogens with two attached hydrogens (primary N) is 1. The second-order valence-corrected chi connectivity index (χ2v) is 5.34. The van der Waals surface area contributed by atoms with Gasteiger partial charge in [0.1, 0.15) is 11.5 Å². The molecule has 4 nitrogen and oxygen atoms in total. The molecule has 0 radical (unpaired) electrons. The van der Waals surface area contributed by atoms with Gasteiger partial charge in [0.25, 0.3) is 0 Å². The highest BCUT2D eigenvalue weighted by Crippen LogP contribution is 2.35. The number of benzene rings is 1. The minimum atomic E-state index is -0.598. The van der Waals surface area contributed by atoms with Crippen LogP contribution < -0.4 is 10.5 Å². The summed E-state index contributed by atoms with van der Waals surface area (Å²) in [5.74, 6) is 0.910. The molecule has 114 valence electrons. The van der Waals surface area contributed by atoms with Gasteiger partial charge in [-0.05, 0) is 30.9 Å². The predicted molar refractivity (Wildman–Crippen MR) is 81.4 cm³/mol. The fourth-order valence-corrected chi connectivity index (χ4v) is 2.89. The second-order valence-electron chi connectivity index (χ2n) is 5.34. The van der Waals surface area contributed by atoms with E-state index in [-0.39, 0.29) is 24.1 Å². The average molecular weight is 302 g/mol. The number of aromatic hydroxyl groups is 1. The molecule has 0 unspecified atom stereocenters. The topological polar surface area (TPSA) is 75.7 Å². The van der Waals surface area contributed by atoms with Gasteiger partial charge in [0.05, 0.1) is 19.3 Å². The third-order valence-electron chi connectivity index (χ3n) is 4.10. The highest BCUT2D eigenvalue weighted by atomic mass is 35.5. The van der Waals surface area contributed by atoms with Crippen LogP contribution in [-0.4, -0.2) is 23.4 Å². The molecular weight excluding hydrogens is 278 g/mol. The molecule has 0 spiro atoms. The molecule has 1 fully saturated rings. The molecule has 1 aromatic carbocycles. The van der Waals surface area contributed by atoms with Crippen molar-refractivity contribution in [3.8, 4) is 11.5 Å². The number of ether oxygens (including phenoxy) is 1. The molecule has 2 rings (SSSR count). The number of phenolic OH excluding ortho intramolecular Hbond substituents is 1. The van der Waals surface area contributed by atoms with Gasteiger partial charge >= 0.3 is 0 Å². The molecule has 0 amide bonds. The minimum Gasteiger partial charge on any atom is -0.507 e. The first-order valence-corrected chi connectivity index (χ1v) is 6.94. The van der Waals surface area contributed by atoms with E-state index in [9.17, 15) is 10.2 Å². The number of rotatable bonds is 4. The van der Waals surface area contributed by atoms with E-state index in [4.69, 9.17) is 10.5 Å². The Bertz CT molecular complexity index is 422. The van der Waals surface area contributed by atoms with Gasteiger partial charge in [-0.15, -0.1) is 12.4 Å². The van der Waals surface area contributed by atoms with Crippen LogP contribution in [0.25, 0.3) is 0 Å². The monoisotopic (exact) mass is 301 g/mol. The smallest absolute Gasteiger partial charge is 0.124 e. The zero-order valence-electron chi connectivity index (χ0n) is 11.8. The van der Waals surface area contributed by atoms with Gasteiger partial charge < -0.3 is 20.7 Å². The number of aliphatic hydroxyl groups is 1. The summed E-state index contributed by atoms with van der Waals surface area (Å²) in [4.78, 5) is 0. The minimum absolute atomic E-state index is 0. The quantitative estimate of drug-likeness (QED) is 0.799. The largest absolute Gasteiger partial charge is 0.507 e. The molecule has 5 heteroatoms. The average Bonchev–Trinajstić information content (AvgIpc) is 2.46. The Morgan fingerprint density at radius 2 is 1.90 bits per heavy atom. The molecule has 1 aliphatic rings. The molecule has 2 atom stereocenters. The zero-order valence-corrected chi connectivity index (χ0v) is 12.6.